The molecular formula is C14H12ClFN2O3. The summed E-state index contributed by atoms with van der Waals surface area (Å²) in [5.74, 6) is -0.180. The van der Waals surface area contributed by atoms with Crippen molar-refractivity contribution in [1.29, 1.82) is 0 Å². The highest BCUT2D eigenvalue weighted by molar-refractivity contribution is 6.17. The zero-order valence-corrected chi connectivity index (χ0v) is 11.9. The molecule has 0 bridgehead atoms. The predicted molar refractivity (Wildman–Crippen MR) is 75.9 cm³/mol. The predicted octanol–water partition coefficient (Wildman–Crippen LogP) is 3.76. The van der Waals surface area contributed by atoms with Gasteiger partial charge in [-0.05, 0) is 36.8 Å². The molecule has 110 valence electrons. The van der Waals surface area contributed by atoms with Gasteiger partial charge in [-0.3, -0.25) is 15.1 Å². The molecule has 2 rings (SSSR count). The van der Waals surface area contributed by atoms with Crippen molar-refractivity contribution in [1.82, 2.24) is 4.98 Å². The van der Waals surface area contributed by atoms with Gasteiger partial charge in [-0.25, -0.2) is 0 Å². The number of halogens is 2. The van der Waals surface area contributed by atoms with E-state index < -0.39 is 16.4 Å². The van der Waals surface area contributed by atoms with Crippen LogP contribution in [0.3, 0.4) is 0 Å². The van der Waals surface area contributed by atoms with Crippen LogP contribution in [0.2, 0.25) is 0 Å². The Morgan fingerprint density at radius 2 is 2.14 bits per heavy atom. The molecule has 0 fully saturated rings. The molecular weight excluding hydrogens is 299 g/mol. The topological polar surface area (TPSA) is 65.3 Å². The highest BCUT2D eigenvalue weighted by Crippen LogP contribution is 2.22. The lowest BCUT2D eigenvalue weighted by Gasteiger charge is -2.10. The molecule has 1 heterocycles. The summed E-state index contributed by atoms with van der Waals surface area (Å²) in [6, 6.07) is 7.16. The van der Waals surface area contributed by atoms with Crippen molar-refractivity contribution in [2.45, 2.75) is 19.4 Å². The smallest absolute Gasteiger partial charge is 0.304 e. The van der Waals surface area contributed by atoms with Gasteiger partial charge in [0.1, 0.15) is 12.4 Å². The van der Waals surface area contributed by atoms with Crippen LogP contribution in [-0.2, 0) is 12.5 Å². The maximum atomic E-state index is 13.5. The lowest BCUT2D eigenvalue weighted by molar-refractivity contribution is -0.387. The third-order valence-electron chi connectivity index (χ3n) is 2.80. The first-order valence-electron chi connectivity index (χ1n) is 6.09. The zero-order chi connectivity index (χ0) is 15.4. The molecule has 0 aliphatic rings. The molecule has 2 aromatic rings. The molecule has 5 nitrogen and oxygen atoms in total. The summed E-state index contributed by atoms with van der Waals surface area (Å²) in [6.45, 7) is 1.91. The Balaban J connectivity index is 2.13. The Kier molecular flexibility index (Phi) is 4.70. The first-order valence-corrected chi connectivity index (χ1v) is 6.63. The molecule has 0 atom stereocenters. The molecule has 0 amide bonds. The van der Waals surface area contributed by atoms with Crippen LogP contribution in [0.1, 0.15) is 17.0 Å². The lowest BCUT2D eigenvalue weighted by atomic mass is 10.2. The zero-order valence-electron chi connectivity index (χ0n) is 11.2. The van der Waals surface area contributed by atoms with E-state index in [9.17, 15) is 14.5 Å². The number of aryl methyl sites for hydroxylation is 1. The van der Waals surface area contributed by atoms with Crippen LogP contribution in [0.15, 0.2) is 30.3 Å². The van der Waals surface area contributed by atoms with E-state index in [1.54, 1.807) is 12.1 Å². The summed E-state index contributed by atoms with van der Waals surface area (Å²) < 4.78 is 19.0. The molecule has 0 aliphatic carbocycles. The van der Waals surface area contributed by atoms with Crippen LogP contribution >= 0.6 is 11.6 Å². The van der Waals surface area contributed by atoms with Crippen molar-refractivity contribution >= 4 is 17.3 Å². The Morgan fingerprint density at radius 1 is 1.38 bits per heavy atom. The van der Waals surface area contributed by atoms with Crippen molar-refractivity contribution < 1.29 is 14.1 Å². The second-order valence-electron chi connectivity index (χ2n) is 4.36. The molecule has 0 N–H and O–H groups in total. The van der Waals surface area contributed by atoms with Crippen LogP contribution in [0.4, 0.5) is 10.1 Å². The number of rotatable bonds is 5. The maximum Gasteiger partial charge on any atom is 0.304 e. The van der Waals surface area contributed by atoms with Crippen LogP contribution < -0.4 is 4.74 Å². The number of nitro groups is 1. The third-order valence-corrected chi connectivity index (χ3v) is 3.05. The Hall–Kier alpha value is -2.21. The SMILES string of the molecule is Cc1ccc(OCc2ccc([N+](=O)[O-])c(F)c2)c(CCl)n1. The van der Waals surface area contributed by atoms with Crippen LogP contribution in [0.25, 0.3) is 0 Å². The quantitative estimate of drug-likeness (QED) is 0.479. The van der Waals surface area contributed by atoms with E-state index in [4.69, 9.17) is 16.3 Å². The molecule has 21 heavy (non-hydrogen) atoms. The van der Waals surface area contributed by atoms with Crippen molar-refractivity contribution in [2.24, 2.45) is 0 Å². The normalized spacial score (nSPS) is 10.4. The number of nitrogens with zero attached hydrogens (tertiary/aromatic N) is 2. The van der Waals surface area contributed by atoms with Gasteiger partial charge in [-0.15, -0.1) is 11.6 Å². The highest BCUT2D eigenvalue weighted by Gasteiger charge is 2.14. The summed E-state index contributed by atoms with van der Waals surface area (Å²) in [5.41, 5.74) is 1.34. The van der Waals surface area contributed by atoms with Gasteiger partial charge < -0.3 is 4.74 Å². The van der Waals surface area contributed by atoms with Gasteiger partial charge in [-0.1, -0.05) is 0 Å². The number of hydrogen-bond donors (Lipinski definition) is 0. The van der Waals surface area contributed by atoms with Gasteiger partial charge in [0.25, 0.3) is 0 Å². The molecule has 0 spiro atoms. The first-order chi connectivity index (χ1) is 10.0. The fourth-order valence-corrected chi connectivity index (χ4v) is 1.97. The molecule has 1 aromatic heterocycles. The van der Waals surface area contributed by atoms with E-state index in [2.05, 4.69) is 4.98 Å². The van der Waals surface area contributed by atoms with Gasteiger partial charge in [-0.2, -0.15) is 4.39 Å². The number of benzene rings is 1. The summed E-state index contributed by atoms with van der Waals surface area (Å²) in [4.78, 5) is 14.0. The minimum Gasteiger partial charge on any atom is -0.487 e. The van der Waals surface area contributed by atoms with Gasteiger partial charge in [0.2, 0.25) is 5.82 Å². The van der Waals surface area contributed by atoms with Crippen molar-refractivity contribution in [3.63, 3.8) is 0 Å². The van der Waals surface area contributed by atoms with E-state index >= 15 is 0 Å². The molecule has 1 aromatic carbocycles. The maximum absolute atomic E-state index is 13.5. The van der Waals surface area contributed by atoms with Gasteiger partial charge in [0.15, 0.2) is 0 Å². The summed E-state index contributed by atoms with van der Waals surface area (Å²) in [5, 5.41) is 10.5. The van der Waals surface area contributed by atoms with E-state index in [-0.39, 0.29) is 12.5 Å². The molecule has 0 radical (unpaired) electrons. The van der Waals surface area contributed by atoms with E-state index in [1.807, 2.05) is 6.92 Å². The van der Waals surface area contributed by atoms with E-state index in [0.29, 0.717) is 17.0 Å². The second kappa shape index (κ2) is 6.49. The minimum absolute atomic E-state index is 0.0730. The molecule has 0 unspecified atom stereocenters. The fourth-order valence-electron chi connectivity index (χ4n) is 1.77. The third kappa shape index (κ3) is 3.66. The fraction of sp³-hybridized carbons (Fsp3) is 0.214. The highest BCUT2D eigenvalue weighted by atomic mass is 35.5. The summed E-state index contributed by atoms with van der Waals surface area (Å²) in [7, 11) is 0. The standard InChI is InChI=1S/C14H12ClFN2O3/c1-9-2-5-14(12(7-15)17-9)21-8-10-3-4-13(18(19)20)11(16)6-10/h2-6H,7-8H2,1H3. The van der Waals surface area contributed by atoms with Gasteiger partial charge >= 0.3 is 5.69 Å². The number of aromatic nitrogens is 1. The molecule has 7 heteroatoms. The average Bonchev–Trinajstić information content (AvgIpc) is 2.45. The van der Waals surface area contributed by atoms with E-state index in [0.717, 1.165) is 17.8 Å². The number of alkyl halides is 1. The van der Waals surface area contributed by atoms with Crippen LogP contribution in [0.5, 0.6) is 5.75 Å². The lowest BCUT2D eigenvalue weighted by Crippen LogP contribution is -2.01. The molecule has 0 saturated heterocycles. The minimum atomic E-state index is -0.888. The number of ether oxygens (including phenoxy) is 1. The number of pyridine rings is 1. The average molecular weight is 311 g/mol. The number of nitro benzene ring substituents is 1. The van der Waals surface area contributed by atoms with Crippen molar-refractivity contribution in [3.8, 4) is 5.75 Å². The second-order valence-corrected chi connectivity index (χ2v) is 4.63. The van der Waals surface area contributed by atoms with Crippen LogP contribution in [-0.4, -0.2) is 9.91 Å². The van der Waals surface area contributed by atoms with Gasteiger partial charge in [0.05, 0.1) is 16.5 Å². The van der Waals surface area contributed by atoms with Crippen LogP contribution in [0, 0.1) is 22.9 Å². The van der Waals surface area contributed by atoms with Gasteiger partial charge in [0, 0.05) is 11.8 Å². The largest absolute Gasteiger partial charge is 0.487 e. The Labute approximate surface area is 125 Å². The first kappa shape index (κ1) is 15.2. The summed E-state index contributed by atoms with van der Waals surface area (Å²) >= 11 is 5.79. The monoisotopic (exact) mass is 310 g/mol. The Morgan fingerprint density at radius 3 is 2.76 bits per heavy atom. The summed E-state index contributed by atoms with van der Waals surface area (Å²) in [6.07, 6.45) is 0. The Bertz CT molecular complexity index is 679. The number of hydrogen-bond acceptors (Lipinski definition) is 4. The van der Waals surface area contributed by atoms with Crippen molar-refractivity contribution in [3.05, 3.63) is 63.2 Å². The molecule has 0 aliphatic heterocycles. The van der Waals surface area contributed by atoms with E-state index in [1.165, 1.54) is 6.07 Å². The molecule has 0 saturated carbocycles. The van der Waals surface area contributed by atoms with Crippen molar-refractivity contribution in [2.75, 3.05) is 0 Å².